The summed E-state index contributed by atoms with van der Waals surface area (Å²) in [6.07, 6.45) is 3.80. The molecule has 302 valence electrons. The number of pyridine rings is 2. The van der Waals surface area contributed by atoms with Crippen molar-refractivity contribution in [2.45, 2.75) is 9.79 Å². The Balaban J connectivity index is 1.19. The van der Waals surface area contributed by atoms with Crippen LogP contribution in [0.25, 0.3) is 38.9 Å². The monoisotopic (exact) mass is 867 g/mol. The molecule has 0 unspecified atom stereocenters. The molecule has 4 heterocycles. The van der Waals surface area contributed by atoms with E-state index in [1.165, 1.54) is 62.1 Å². The van der Waals surface area contributed by atoms with Crippen LogP contribution in [0, 0.1) is 0 Å². The highest BCUT2D eigenvalue weighted by Crippen LogP contribution is 2.39. The van der Waals surface area contributed by atoms with Crippen molar-refractivity contribution in [3.8, 4) is 17.1 Å². The third-order valence-corrected chi connectivity index (χ3v) is 24.3. The van der Waals surface area contributed by atoms with Gasteiger partial charge in [0.25, 0.3) is 0 Å². The van der Waals surface area contributed by atoms with Gasteiger partial charge in [0.05, 0.1) is 16.7 Å². The van der Waals surface area contributed by atoms with Gasteiger partial charge in [0.2, 0.25) is 0 Å². The lowest BCUT2D eigenvalue weighted by molar-refractivity contribution is 1.08. The second-order valence-corrected chi connectivity index (χ2v) is 25.1. The molecule has 0 bridgehead atoms. The van der Waals surface area contributed by atoms with Gasteiger partial charge in [0.1, 0.15) is 5.82 Å². The van der Waals surface area contributed by atoms with Crippen LogP contribution >= 0.6 is 11.8 Å². The average Bonchev–Trinajstić information content (AvgIpc) is 3.69. The summed E-state index contributed by atoms with van der Waals surface area (Å²) in [6, 6.07) is 88.1. The largest absolute Gasteiger partial charge is 0.294 e. The second kappa shape index (κ2) is 15.8. The van der Waals surface area contributed by atoms with Gasteiger partial charge >= 0.3 is 0 Å². The SMILES string of the molecule is c1ccc([Si](c2ccccc2)(c2cccc(-c3ccccn3)c2)c2ccc3c4cc5c(cc4n(-c4ccccn4)c3c2)Sc2ccccc2[Si]5(c2ccccc2)c2ccccc2)cc1. The van der Waals surface area contributed by atoms with Crippen LogP contribution in [0.4, 0.5) is 0 Å². The molecule has 0 spiro atoms. The van der Waals surface area contributed by atoms with Crippen LogP contribution in [-0.2, 0) is 0 Å². The molecule has 64 heavy (non-hydrogen) atoms. The van der Waals surface area contributed by atoms with Crippen molar-refractivity contribution >= 4 is 91.2 Å². The quantitative estimate of drug-likeness (QED) is 0.114. The number of hydrogen-bond acceptors (Lipinski definition) is 3. The molecule has 0 amide bonds. The molecule has 8 aromatic carbocycles. The van der Waals surface area contributed by atoms with Crippen molar-refractivity contribution in [2.75, 3.05) is 0 Å². The predicted octanol–water partition coefficient (Wildman–Crippen LogP) is 8.46. The van der Waals surface area contributed by atoms with Crippen molar-refractivity contribution in [1.29, 1.82) is 0 Å². The summed E-state index contributed by atoms with van der Waals surface area (Å²) in [5.41, 5.74) is 4.38. The summed E-state index contributed by atoms with van der Waals surface area (Å²) in [5, 5.41) is 13.3. The first-order valence-corrected chi connectivity index (χ1v) is 26.6. The summed E-state index contributed by atoms with van der Waals surface area (Å²) in [6.45, 7) is 0. The Morgan fingerprint density at radius 1 is 0.391 bits per heavy atom. The Kier molecular flexibility index (Phi) is 9.44. The molecule has 0 radical (unpaired) electrons. The fourth-order valence-electron chi connectivity index (χ4n) is 10.5. The zero-order chi connectivity index (χ0) is 42.5. The van der Waals surface area contributed by atoms with Crippen molar-refractivity contribution in [2.24, 2.45) is 0 Å². The highest BCUT2D eigenvalue weighted by molar-refractivity contribution is 8.00. The van der Waals surface area contributed by atoms with E-state index in [4.69, 9.17) is 9.97 Å². The standard InChI is InChI=1S/C58H41N3SSi2/c1-5-21-43(22-6-1)63(44-23-7-2-8-24-44,47-29-19-20-42(38-47)51-30-15-17-36-59-51)48-34-35-49-50-40-57-55(41-53(50)61(52(49)39-48)58-33-16-18-37-60-58)62-54-31-13-14-32-56(54)64(57,45-25-9-3-10-26-45)46-27-11-4-12-28-46/h1-41H. The Morgan fingerprint density at radius 3 is 1.62 bits per heavy atom. The molecule has 0 aliphatic carbocycles. The maximum atomic E-state index is 5.07. The molecule has 11 aromatic rings. The molecule has 1 aliphatic rings. The van der Waals surface area contributed by atoms with Gasteiger partial charge in [0.15, 0.2) is 16.1 Å². The minimum atomic E-state index is -2.99. The van der Waals surface area contributed by atoms with Crippen LogP contribution in [0.2, 0.25) is 0 Å². The van der Waals surface area contributed by atoms with Gasteiger partial charge in [0, 0.05) is 38.5 Å². The first kappa shape index (κ1) is 38.3. The molecule has 0 saturated carbocycles. The zero-order valence-electron chi connectivity index (χ0n) is 34.9. The smallest absolute Gasteiger partial charge is 0.181 e. The molecular weight excluding hydrogens is 827 g/mol. The maximum absolute atomic E-state index is 5.07. The predicted molar refractivity (Wildman–Crippen MR) is 273 cm³/mol. The number of nitrogens with zero attached hydrogens (tertiary/aromatic N) is 3. The summed E-state index contributed by atoms with van der Waals surface area (Å²) < 4.78 is 2.42. The van der Waals surface area contributed by atoms with Crippen LogP contribution in [0.1, 0.15) is 0 Å². The van der Waals surface area contributed by atoms with Crippen LogP contribution < -0.4 is 41.5 Å². The van der Waals surface area contributed by atoms with Crippen LogP contribution in [0.5, 0.6) is 0 Å². The van der Waals surface area contributed by atoms with E-state index < -0.39 is 16.1 Å². The number of fused-ring (bicyclic) bond motifs is 5. The first-order chi connectivity index (χ1) is 31.7. The average molecular weight is 868 g/mol. The van der Waals surface area contributed by atoms with Gasteiger partial charge in [-0.25, -0.2) is 4.98 Å². The third kappa shape index (κ3) is 5.94. The van der Waals surface area contributed by atoms with E-state index in [0.717, 1.165) is 28.1 Å². The Hall–Kier alpha value is -7.36. The molecule has 12 rings (SSSR count). The molecule has 0 N–H and O–H groups in total. The minimum Gasteiger partial charge on any atom is -0.294 e. The van der Waals surface area contributed by atoms with Crippen molar-refractivity contribution < 1.29 is 0 Å². The van der Waals surface area contributed by atoms with E-state index in [1.54, 1.807) is 0 Å². The Morgan fingerprint density at radius 2 is 0.969 bits per heavy atom. The number of hydrogen-bond donors (Lipinski definition) is 0. The van der Waals surface area contributed by atoms with Crippen molar-refractivity contribution in [1.82, 2.24) is 14.5 Å². The van der Waals surface area contributed by atoms with E-state index >= 15 is 0 Å². The number of rotatable bonds is 8. The fraction of sp³-hybridized carbons (Fsp3) is 0. The summed E-state index contributed by atoms with van der Waals surface area (Å²) >= 11 is 1.90. The van der Waals surface area contributed by atoms with Gasteiger partial charge in [-0.15, -0.1) is 0 Å². The van der Waals surface area contributed by atoms with Crippen LogP contribution in [0.15, 0.2) is 259 Å². The van der Waals surface area contributed by atoms with Gasteiger partial charge in [-0.05, 0) is 84.0 Å². The normalized spacial score (nSPS) is 13.1. The fourth-order valence-corrected chi connectivity index (χ4v) is 22.3. The highest BCUT2D eigenvalue weighted by atomic mass is 32.2. The van der Waals surface area contributed by atoms with Gasteiger partial charge < -0.3 is 0 Å². The summed E-state index contributed by atoms with van der Waals surface area (Å²) in [7, 11) is -5.79. The van der Waals surface area contributed by atoms with E-state index in [0.29, 0.717) is 0 Å². The Labute approximate surface area is 379 Å². The first-order valence-electron chi connectivity index (χ1n) is 21.8. The molecule has 1 aliphatic heterocycles. The third-order valence-electron chi connectivity index (χ3n) is 13.2. The molecular formula is C58H41N3SSi2. The molecule has 0 atom stereocenters. The molecule has 0 fully saturated rings. The van der Waals surface area contributed by atoms with E-state index in [2.05, 4.69) is 229 Å². The molecule has 3 nitrogen and oxygen atoms in total. The molecule has 0 saturated heterocycles. The van der Waals surface area contributed by atoms with Crippen molar-refractivity contribution in [3.05, 3.63) is 249 Å². The lowest BCUT2D eigenvalue weighted by Crippen LogP contribution is -2.76. The van der Waals surface area contributed by atoms with Gasteiger partial charge in [-0.2, -0.15) is 0 Å². The molecule has 3 aromatic heterocycles. The second-order valence-electron chi connectivity index (χ2n) is 16.5. The lowest BCUT2D eigenvalue weighted by atomic mass is 10.1. The Bertz CT molecular complexity index is 3380. The van der Waals surface area contributed by atoms with E-state index in [1.807, 2.05) is 36.3 Å². The lowest BCUT2D eigenvalue weighted by Gasteiger charge is -2.40. The highest BCUT2D eigenvalue weighted by Gasteiger charge is 2.47. The van der Waals surface area contributed by atoms with Gasteiger partial charge in [-0.1, -0.05) is 206 Å². The molecule has 6 heteroatoms. The number of aromatic nitrogens is 3. The van der Waals surface area contributed by atoms with Crippen LogP contribution in [0.3, 0.4) is 0 Å². The van der Waals surface area contributed by atoms with E-state index in [9.17, 15) is 0 Å². The topological polar surface area (TPSA) is 30.7 Å². The summed E-state index contributed by atoms with van der Waals surface area (Å²) in [4.78, 5) is 12.5. The van der Waals surface area contributed by atoms with Crippen molar-refractivity contribution in [3.63, 3.8) is 0 Å². The van der Waals surface area contributed by atoms with Crippen LogP contribution in [-0.4, -0.2) is 30.7 Å². The zero-order valence-corrected chi connectivity index (χ0v) is 37.7. The maximum Gasteiger partial charge on any atom is 0.181 e. The van der Waals surface area contributed by atoms with E-state index in [-0.39, 0.29) is 0 Å². The number of benzene rings is 8. The minimum absolute atomic E-state index is 0.902. The van der Waals surface area contributed by atoms with Gasteiger partial charge in [-0.3, -0.25) is 9.55 Å². The summed E-state index contributed by atoms with van der Waals surface area (Å²) in [5.74, 6) is 0.902.